The molecule has 5 heteroatoms. The Bertz CT molecular complexity index is 505. The summed E-state index contributed by atoms with van der Waals surface area (Å²) in [6.45, 7) is 6.64. The summed E-state index contributed by atoms with van der Waals surface area (Å²) in [7, 11) is 0. The number of carbonyl (C=O) groups is 2. The van der Waals surface area contributed by atoms with Crippen molar-refractivity contribution in [1.82, 2.24) is 9.78 Å². The molecule has 1 heterocycles. The molecule has 0 amide bonds. The van der Waals surface area contributed by atoms with Gasteiger partial charge < -0.3 is 5.11 Å². The summed E-state index contributed by atoms with van der Waals surface area (Å²) in [5.41, 5.74) is 0.230. The standard InChI is InChI=1S/C14H20N2O3/c1-9-4-11(6-14(2,3)5-9)16-7-10(8-17)12(15-16)13(18)19/h7-9,11H,4-6H2,1-3H3,(H,18,19). The number of aldehydes is 1. The van der Waals surface area contributed by atoms with Crippen molar-refractivity contribution in [2.75, 3.05) is 0 Å². The number of hydrogen-bond acceptors (Lipinski definition) is 3. The lowest BCUT2D eigenvalue weighted by Crippen LogP contribution is -2.29. The normalized spacial score (nSPS) is 26.1. The van der Waals surface area contributed by atoms with Gasteiger partial charge in [-0.2, -0.15) is 5.10 Å². The third-order valence-corrected chi connectivity index (χ3v) is 3.83. The van der Waals surface area contributed by atoms with E-state index in [1.54, 1.807) is 10.9 Å². The van der Waals surface area contributed by atoms with Crippen molar-refractivity contribution in [3.8, 4) is 0 Å². The molecule has 1 fully saturated rings. The summed E-state index contributed by atoms with van der Waals surface area (Å²) in [6.07, 6.45) is 5.22. The van der Waals surface area contributed by atoms with Crippen LogP contribution in [0.2, 0.25) is 0 Å². The molecule has 1 aliphatic carbocycles. The summed E-state index contributed by atoms with van der Waals surface area (Å²) < 4.78 is 1.67. The average Bonchev–Trinajstić information content (AvgIpc) is 2.70. The maximum Gasteiger partial charge on any atom is 0.357 e. The number of aromatic carboxylic acids is 1. The number of aromatic nitrogens is 2. The Kier molecular flexibility index (Phi) is 3.47. The van der Waals surface area contributed by atoms with Crippen molar-refractivity contribution in [2.45, 2.75) is 46.1 Å². The van der Waals surface area contributed by atoms with Gasteiger partial charge in [0.1, 0.15) is 0 Å². The van der Waals surface area contributed by atoms with Crippen LogP contribution in [0.15, 0.2) is 6.20 Å². The third-order valence-electron chi connectivity index (χ3n) is 3.83. The predicted octanol–water partition coefficient (Wildman–Crippen LogP) is 2.78. The van der Waals surface area contributed by atoms with Crippen molar-refractivity contribution in [3.05, 3.63) is 17.5 Å². The first-order valence-electron chi connectivity index (χ1n) is 6.60. The Morgan fingerprint density at radius 1 is 1.53 bits per heavy atom. The van der Waals surface area contributed by atoms with E-state index in [0.717, 1.165) is 19.3 Å². The largest absolute Gasteiger partial charge is 0.476 e. The maximum atomic E-state index is 11.0. The van der Waals surface area contributed by atoms with E-state index in [4.69, 9.17) is 5.11 Å². The van der Waals surface area contributed by atoms with Gasteiger partial charge in [-0.15, -0.1) is 0 Å². The summed E-state index contributed by atoms with van der Waals surface area (Å²) in [6, 6.07) is 0.172. The number of carbonyl (C=O) groups excluding carboxylic acids is 1. The number of rotatable bonds is 3. The second-order valence-electron chi connectivity index (χ2n) is 6.40. The van der Waals surface area contributed by atoms with Crippen LogP contribution in [0.5, 0.6) is 0 Å². The molecule has 0 aromatic carbocycles. The fraction of sp³-hybridized carbons (Fsp3) is 0.643. The van der Waals surface area contributed by atoms with Crippen LogP contribution in [-0.2, 0) is 0 Å². The lowest BCUT2D eigenvalue weighted by molar-refractivity contribution is 0.0685. The number of nitrogens with zero attached hydrogens (tertiary/aromatic N) is 2. The van der Waals surface area contributed by atoms with Crippen LogP contribution in [-0.4, -0.2) is 27.1 Å². The summed E-state index contributed by atoms with van der Waals surface area (Å²) >= 11 is 0. The average molecular weight is 264 g/mol. The monoisotopic (exact) mass is 264 g/mol. The van der Waals surface area contributed by atoms with E-state index in [1.165, 1.54) is 0 Å². The van der Waals surface area contributed by atoms with Crippen LogP contribution in [0.1, 0.15) is 66.9 Å². The Balaban J connectivity index is 2.31. The van der Waals surface area contributed by atoms with E-state index < -0.39 is 5.97 Å². The molecule has 0 saturated heterocycles. The first kappa shape index (κ1) is 13.8. The van der Waals surface area contributed by atoms with Crippen LogP contribution in [0.25, 0.3) is 0 Å². The van der Waals surface area contributed by atoms with Gasteiger partial charge in [-0.05, 0) is 30.6 Å². The number of carboxylic acid groups (broad SMARTS) is 1. The summed E-state index contributed by atoms with van der Waals surface area (Å²) in [4.78, 5) is 21.9. The van der Waals surface area contributed by atoms with E-state index in [0.29, 0.717) is 12.2 Å². The minimum absolute atomic E-state index is 0.147. The first-order valence-corrected chi connectivity index (χ1v) is 6.60. The van der Waals surface area contributed by atoms with Crippen LogP contribution in [0, 0.1) is 11.3 Å². The van der Waals surface area contributed by atoms with E-state index in [-0.39, 0.29) is 22.7 Å². The Morgan fingerprint density at radius 3 is 2.68 bits per heavy atom. The first-order chi connectivity index (χ1) is 8.82. The molecule has 1 aromatic rings. The molecule has 2 unspecified atom stereocenters. The molecular formula is C14H20N2O3. The van der Waals surface area contributed by atoms with Crippen LogP contribution in [0.3, 0.4) is 0 Å². The zero-order valence-corrected chi connectivity index (χ0v) is 11.6. The van der Waals surface area contributed by atoms with Crippen LogP contribution in [0.4, 0.5) is 0 Å². The van der Waals surface area contributed by atoms with E-state index in [1.807, 2.05) is 0 Å². The third kappa shape index (κ3) is 2.85. The smallest absolute Gasteiger partial charge is 0.357 e. The van der Waals surface area contributed by atoms with Gasteiger partial charge in [-0.3, -0.25) is 9.48 Å². The van der Waals surface area contributed by atoms with Crippen LogP contribution >= 0.6 is 0 Å². The SMILES string of the molecule is CC1CC(n2cc(C=O)c(C(=O)O)n2)CC(C)(C)C1. The number of hydrogen-bond donors (Lipinski definition) is 1. The second-order valence-corrected chi connectivity index (χ2v) is 6.40. The lowest BCUT2D eigenvalue weighted by Gasteiger charge is -2.39. The van der Waals surface area contributed by atoms with E-state index in [2.05, 4.69) is 25.9 Å². The molecule has 1 aliphatic rings. The van der Waals surface area contributed by atoms with Crippen molar-refractivity contribution in [3.63, 3.8) is 0 Å². The van der Waals surface area contributed by atoms with Gasteiger partial charge in [0.15, 0.2) is 12.0 Å². The molecule has 2 rings (SSSR count). The Morgan fingerprint density at radius 2 is 2.21 bits per heavy atom. The van der Waals surface area contributed by atoms with Gasteiger partial charge in [0, 0.05) is 6.20 Å². The molecule has 5 nitrogen and oxygen atoms in total. The molecule has 1 saturated carbocycles. The topological polar surface area (TPSA) is 72.2 Å². The highest BCUT2D eigenvalue weighted by Gasteiger charge is 2.34. The second kappa shape index (κ2) is 4.79. The molecule has 0 bridgehead atoms. The highest BCUT2D eigenvalue weighted by molar-refractivity contribution is 5.95. The molecule has 0 radical (unpaired) electrons. The van der Waals surface area contributed by atoms with Gasteiger partial charge in [0.25, 0.3) is 0 Å². The van der Waals surface area contributed by atoms with Crippen molar-refractivity contribution < 1.29 is 14.7 Å². The Hall–Kier alpha value is -1.65. The van der Waals surface area contributed by atoms with Crippen molar-refractivity contribution in [1.29, 1.82) is 0 Å². The predicted molar refractivity (Wildman–Crippen MR) is 70.4 cm³/mol. The molecule has 0 aliphatic heterocycles. The van der Waals surface area contributed by atoms with Gasteiger partial charge in [0.2, 0.25) is 0 Å². The van der Waals surface area contributed by atoms with Gasteiger partial charge in [0.05, 0.1) is 11.6 Å². The lowest BCUT2D eigenvalue weighted by atomic mass is 9.71. The molecule has 19 heavy (non-hydrogen) atoms. The number of carboxylic acids is 1. The summed E-state index contributed by atoms with van der Waals surface area (Å²) in [5, 5.41) is 13.1. The molecular weight excluding hydrogens is 244 g/mol. The molecule has 2 atom stereocenters. The molecule has 104 valence electrons. The van der Waals surface area contributed by atoms with Gasteiger partial charge in [-0.25, -0.2) is 4.79 Å². The van der Waals surface area contributed by atoms with Crippen molar-refractivity contribution >= 4 is 12.3 Å². The highest BCUT2D eigenvalue weighted by atomic mass is 16.4. The van der Waals surface area contributed by atoms with Gasteiger partial charge >= 0.3 is 5.97 Å². The van der Waals surface area contributed by atoms with Crippen molar-refractivity contribution in [2.24, 2.45) is 11.3 Å². The molecule has 0 spiro atoms. The zero-order valence-electron chi connectivity index (χ0n) is 11.6. The van der Waals surface area contributed by atoms with E-state index in [9.17, 15) is 9.59 Å². The Labute approximate surface area is 112 Å². The van der Waals surface area contributed by atoms with Gasteiger partial charge in [-0.1, -0.05) is 20.8 Å². The fourth-order valence-electron chi connectivity index (χ4n) is 3.34. The maximum absolute atomic E-state index is 11.0. The molecule has 1 aromatic heterocycles. The minimum atomic E-state index is -1.15. The van der Waals surface area contributed by atoms with E-state index >= 15 is 0 Å². The minimum Gasteiger partial charge on any atom is -0.476 e. The highest BCUT2D eigenvalue weighted by Crippen LogP contribution is 2.43. The molecule has 1 N–H and O–H groups in total. The fourth-order valence-corrected chi connectivity index (χ4v) is 3.34. The zero-order chi connectivity index (χ0) is 14.2. The summed E-state index contributed by atoms with van der Waals surface area (Å²) in [5.74, 6) is -0.574. The quantitative estimate of drug-likeness (QED) is 0.852. The van der Waals surface area contributed by atoms with Crippen LogP contribution < -0.4 is 0 Å².